The van der Waals surface area contributed by atoms with Crippen LogP contribution in [0.1, 0.15) is 10.4 Å². The molecule has 0 aliphatic heterocycles. The van der Waals surface area contributed by atoms with Gasteiger partial charge in [0.1, 0.15) is 11.3 Å². The van der Waals surface area contributed by atoms with Crippen molar-refractivity contribution in [2.75, 3.05) is 5.32 Å². The summed E-state index contributed by atoms with van der Waals surface area (Å²) in [5, 5.41) is 16.2. The van der Waals surface area contributed by atoms with Crippen molar-refractivity contribution < 1.29 is 4.79 Å². The molecule has 118 valence electrons. The average Bonchev–Trinajstić information content (AvgIpc) is 3.17. The highest BCUT2D eigenvalue weighted by Gasteiger charge is 2.12. The number of amides is 1. The molecular formula is C16H10ClN5OS. The molecule has 0 spiro atoms. The smallest absolute Gasteiger partial charge is 0.257 e. The first-order valence-electron chi connectivity index (χ1n) is 7.04. The maximum atomic E-state index is 12.4. The summed E-state index contributed by atoms with van der Waals surface area (Å²) in [6.07, 6.45) is 1.55. The first-order chi connectivity index (χ1) is 11.7. The lowest BCUT2D eigenvalue weighted by Crippen LogP contribution is -2.12. The topological polar surface area (TPSA) is 72.2 Å². The van der Waals surface area contributed by atoms with E-state index >= 15 is 0 Å². The van der Waals surface area contributed by atoms with Crippen molar-refractivity contribution >= 4 is 39.5 Å². The Hall–Kier alpha value is -2.77. The van der Waals surface area contributed by atoms with E-state index < -0.39 is 0 Å². The van der Waals surface area contributed by atoms with Gasteiger partial charge >= 0.3 is 0 Å². The first-order valence-corrected chi connectivity index (χ1v) is 8.23. The van der Waals surface area contributed by atoms with Crippen molar-refractivity contribution in [2.45, 2.75) is 0 Å². The number of hydrogen-bond acceptors (Lipinski definition) is 5. The van der Waals surface area contributed by atoms with E-state index in [9.17, 15) is 4.79 Å². The molecular weight excluding hydrogens is 346 g/mol. The van der Waals surface area contributed by atoms with Crippen molar-refractivity contribution in [3.8, 4) is 10.6 Å². The molecule has 8 heteroatoms. The highest BCUT2D eigenvalue weighted by molar-refractivity contribution is 7.19. The second kappa shape index (κ2) is 6.03. The Morgan fingerprint density at radius 3 is 2.88 bits per heavy atom. The van der Waals surface area contributed by atoms with Crippen LogP contribution < -0.4 is 5.32 Å². The van der Waals surface area contributed by atoms with E-state index in [0.717, 1.165) is 15.5 Å². The van der Waals surface area contributed by atoms with E-state index in [1.54, 1.807) is 35.1 Å². The summed E-state index contributed by atoms with van der Waals surface area (Å²) in [6.45, 7) is 0. The Kier molecular flexibility index (Phi) is 3.72. The third-order valence-corrected chi connectivity index (χ3v) is 4.66. The molecule has 4 aromatic rings. The summed E-state index contributed by atoms with van der Waals surface area (Å²) in [6, 6.07) is 14.4. The fourth-order valence-corrected chi connectivity index (χ4v) is 3.29. The number of nitrogens with one attached hydrogen (secondary N) is 1. The standard InChI is InChI=1S/C16H10ClN5OS/c17-13-7-2-1-6-12(13)14(23)19-11-5-3-4-10(8-11)15-21-22-9-18-20-16(22)24-15/h1-9H,(H,19,23). The molecule has 2 aromatic heterocycles. The highest BCUT2D eigenvalue weighted by atomic mass is 35.5. The zero-order valence-corrected chi connectivity index (χ0v) is 13.8. The fraction of sp³-hybridized carbons (Fsp3) is 0. The number of rotatable bonds is 3. The molecule has 0 bridgehead atoms. The number of hydrogen-bond donors (Lipinski definition) is 1. The molecule has 4 rings (SSSR count). The summed E-state index contributed by atoms with van der Waals surface area (Å²) in [5.41, 5.74) is 1.99. The zero-order valence-electron chi connectivity index (χ0n) is 12.2. The lowest BCUT2D eigenvalue weighted by atomic mass is 10.2. The van der Waals surface area contributed by atoms with Crippen LogP contribution in [0.25, 0.3) is 15.5 Å². The molecule has 2 aromatic carbocycles. The number of anilines is 1. The van der Waals surface area contributed by atoms with E-state index in [0.29, 0.717) is 16.3 Å². The van der Waals surface area contributed by atoms with Crippen molar-refractivity contribution in [1.29, 1.82) is 0 Å². The largest absolute Gasteiger partial charge is 0.322 e. The van der Waals surface area contributed by atoms with E-state index in [1.807, 2.05) is 24.3 Å². The van der Waals surface area contributed by atoms with Crippen LogP contribution in [0.3, 0.4) is 0 Å². The molecule has 0 fully saturated rings. The van der Waals surface area contributed by atoms with Crippen molar-refractivity contribution in [3.05, 3.63) is 65.4 Å². The summed E-state index contributed by atoms with van der Waals surface area (Å²) in [4.78, 5) is 13.1. The second-order valence-corrected chi connectivity index (χ2v) is 6.34. The van der Waals surface area contributed by atoms with E-state index in [2.05, 4.69) is 20.6 Å². The molecule has 24 heavy (non-hydrogen) atoms. The minimum absolute atomic E-state index is 0.254. The molecule has 0 aliphatic rings. The van der Waals surface area contributed by atoms with Gasteiger partial charge in [-0.05, 0) is 24.3 Å². The summed E-state index contributed by atoms with van der Waals surface area (Å²) in [7, 11) is 0. The van der Waals surface area contributed by atoms with Crippen LogP contribution in [0.2, 0.25) is 5.02 Å². The summed E-state index contributed by atoms with van der Waals surface area (Å²) in [5.74, 6) is -0.254. The molecule has 0 saturated carbocycles. The summed E-state index contributed by atoms with van der Waals surface area (Å²) >= 11 is 7.49. The maximum Gasteiger partial charge on any atom is 0.257 e. The van der Waals surface area contributed by atoms with Gasteiger partial charge in [-0.3, -0.25) is 4.79 Å². The average molecular weight is 356 g/mol. The Labute approximate surface area is 145 Å². The number of carbonyl (C=O) groups excluding carboxylic acids is 1. The quantitative estimate of drug-likeness (QED) is 0.607. The maximum absolute atomic E-state index is 12.4. The van der Waals surface area contributed by atoms with Crippen LogP contribution in [-0.4, -0.2) is 25.7 Å². The normalized spacial score (nSPS) is 10.9. The number of carbonyl (C=O) groups is 1. The Balaban J connectivity index is 1.62. The predicted molar refractivity (Wildman–Crippen MR) is 93.5 cm³/mol. The van der Waals surface area contributed by atoms with Gasteiger partial charge in [0.2, 0.25) is 4.96 Å². The number of aromatic nitrogens is 4. The molecule has 1 N–H and O–H groups in total. The number of nitrogens with zero attached hydrogens (tertiary/aromatic N) is 4. The third kappa shape index (κ3) is 2.75. The van der Waals surface area contributed by atoms with Crippen LogP contribution in [0.15, 0.2) is 54.9 Å². The van der Waals surface area contributed by atoms with Crippen molar-refractivity contribution in [1.82, 2.24) is 19.8 Å². The Morgan fingerprint density at radius 1 is 1.17 bits per heavy atom. The number of benzene rings is 2. The fourth-order valence-electron chi connectivity index (χ4n) is 2.25. The molecule has 1 amide bonds. The predicted octanol–water partition coefficient (Wildman–Crippen LogP) is 3.76. The number of fused-ring (bicyclic) bond motifs is 1. The minimum atomic E-state index is -0.254. The third-order valence-electron chi connectivity index (χ3n) is 3.37. The molecule has 0 radical (unpaired) electrons. The van der Waals surface area contributed by atoms with Crippen LogP contribution in [0, 0.1) is 0 Å². The molecule has 2 heterocycles. The van der Waals surface area contributed by atoms with E-state index in [1.165, 1.54) is 11.3 Å². The zero-order chi connectivity index (χ0) is 16.5. The van der Waals surface area contributed by atoms with Crippen LogP contribution >= 0.6 is 22.9 Å². The molecule has 0 saturated heterocycles. The first kappa shape index (κ1) is 14.8. The van der Waals surface area contributed by atoms with Gasteiger partial charge in [0.25, 0.3) is 5.91 Å². The van der Waals surface area contributed by atoms with Crippen molar-refractivity contribution in [2.24, 2.45) is 0 Å². The van der Waals surface area contributed by atoms with E-state index in [-0.39, 0.29) is 5.91 Å². The van der Waals surface area contributed by atoms with Crippen molar-refractivity contribution in [3.63, 3.8) is 0 Å². The van der Waals surface area contributed by atoms with E-state index in [4.69, 9.17) is 11.6 Å². The lowest BCUT2D eigenvalue weighted by Gasteiger charge is -2.07. The van der Waals surface area contributed by atoms with Gasteiger partial charge in [0, 0.05) is 11.3 Å². The van der Waals surface area contributed by atoms with Gasteiger partial charge in [0.15, 0.2) is 0 Å². The minimum Gasteiger partial charge on any atom is -0.322 e. The van der Waals surface area contributed by atoms with Gasteiger partial charge < -0.3 is 5.32 Å². The Bertz CT molecular complexity index is 1010. The summed E-state index contributed by atoms with van der Waals surface area (Å²) < 4.78 is 1.62. The number of halogens is 1. The van der Waals surface area contributed by atoms with Crippen LogP contribution in [0.5, 0.6) is 0 Å². The highest BCUT2D eigenvalue weighted by Crippen LogP contribution is 2.27. The van der Waals surface area contributed by atoms with Gasteiger partial charge in [0.05, 0.1) is 10.6 Å². The van der Waals surface area contributed by atoms with Gasteiger partial charge in [-0.1, -0.05) is 47.2 Å². The molecule has 0 aliphatic carbocycles. The van der Waals surface area contributed by atoms with Gasteiger partial charge in [-0.2, -0.15) is 9.61 Å². The lowest BCUT2D eigenvalue weighted by molar-refractivity contribution is 0.102. The molecule has 6 nitrogen and oxygen atoms in total. The Morgan fingerprint density at radius 2 is 2.04 bits per heavy atom. The van der Waals surface area contributed by atoms with Crippen LogP contribution in [-0.2, 0) is 0 Å². The molecule has 0 unspecified atom stereocenters. The van der Waals surface area contributed by atoms with Gasteiger partial charge in [-0.25, -0.2) is 0 Å². The van der Waals surface area contributed by atoms with Crippen LogP contribution in [0.4, 0.5) is 5.69 Å². The van der Waals surface area contributed by atoms with Gasteiger partial charge in [-0.15, -0.1) is 10.2 Å². The monoisotopic (exact) mass is 355 g/mol. The SMILES string of the molecule is O=C(Nc1cccc(-c2nn3cnnc3s2)c1)c1ccccc1Cl. The second-order valence-electron chi connectivity index (χ2n) is 4.98. The molecule has 0 atom stereocenters.